The van der Waals surface area contributed by atoms with E-state index in [4.69, 9.17) is 5.11 Å². The van der Waals surface area contributed by atoms with Crippen molar-refractivity contribution in [3.8, 4) is 0 Å². The molecule has 90 valence electrons. The minimum atomic E-state index is 0.131. The lowest BCUT2D eigenvalue weighted by Crippen LogP contribution is -2.27. The summed E-state index contributed by atoms with van der Waals surface area (Å²) in [6, 6.07) is 8.78. The molecule has 1 aromatic carbocycles. The van der Waals surface area contributed by atoms with Crippen molar-refractivity contribution < 1.29 is 5.11 Å². The van der Waals surface area contributed by atoms with E-state index in [0.29, 0.717) is 6.04 Å². The zero-order valence-electron chi connectivity index (χ0n) is 10.4. The van der Waals surface area contributed by atoms with Crippen LogP contribution >= 0.6 is 0 Å². The molecule has 0 heterocycles. The Labute approximate surface area is 98.7 Å². The number of hydrogen-bond donors (Lipinski definition) is 2. The summed E-state index contributed by atoms with van der Waals surface area (Å²) in [7, 11) is 0. The van der Waals surface area contributed by atoms with Crippen LogP contribution < -0.4 is 5.32 Å². The van der Waals surface area contributed by atoms with E-state index in [9.17, 15) is 0 Å². The summed E-state index contributed by atoms with van der Waals surface area (Å²) >= 11 is 0. The summed E-state index contributed by atoms with van der Waals surface area (Å²) in [4.78, 5) is 0. The lowest BCUT2D eigenvalue weighted by molar-refractivity contribution is 0.282. The van der Waals surface area contributed by atoms with E-state index in [1.807, 2.05) is 12.1 Å². The lowest BCUT2D eigenvalue weighted by Gasteiger charge is -2.12. The average Bonchev–Trinajstić information content (AvgIpc) is 2.30. The molecule has 1 aromatic rings. The molecule has 16 heavy (non-hydrogen) atoms. The molecule has 0 amide bonds. The van der Waals surface area contributed by atoms with E-state index in [1.54, 1.807) is 0 Å². The minimum absolute atomic E-state index is 0.131. The molecule has 0 spiro atoms. The maximum atomic E-state index is 8.92. The van der Waals surface area contributed by atoms with Crippen LogP contribution in [0.3, 0.4) is 0 Å². The van der Waals surface area contributed by atoms with Crippen LogP contribution in [0.5, 0.6) is 0 Å². The minimum Gasteiger partial charge on any atom is -0.392 e. The molecule has 0 fully saturated rings. The van der Waals surface area contributed by atoms with Crippen LogP contribution in [0.1, 0.15) is 37.8 Å². The Balaban J connectivity index is 2.26. The number of nitrogens with one attached hydrogen (secondary N) is 1. The summed E-state index contributed by atoms with van der Waals surface area (Å²) in [5.74, 6) is 0. The molecule has 0 aliphatic rings. The predicted molar refractivity (Wildman–Crippen MR) is 68.4 cm³/mol. The van der Waals surface area contributed by atoms with Gasteiger partial charge in [0.25, 0.3) is 0 Å². The summed E-state index contributed by atoms with van der Waals surface area (Å²) in [5.41, 5.74) is 2.31. The maximum absolute atomic E-state index is 8.92. The molecule has 1 atom stereocenters. The molecule has 0 aromatic heterocycles. The molecule has 0 bridgehead atoms. The molecule has 0 aliphatic heterocycles. The second-order valence-corrected chi connectivity index (χ2v) is 4.37. The van der Waals surface area contributed by atoms with Crippen molar-refractivity contribution in [3.63, 3.8) is 0 Å². The van der Waals surface area contributed by atoms with Crippen LogP contribution in [0, 0.1) is 0 Å². The van der Waals surface area contributed by atoms with Crippen LogP contribution in [-0.2, 0) is 13.0 Å². The van der Waals surface area contributed by atoms with E-state index < -0.39 is 0 Å². The van der Waals surface area contributed by atoms with E-state index >= 15 is 0 Å². The van der Waals surface area contributed by atoms with E-state index in [1.165, 1.54) is 18.4 Å². The third-order valence-corrected chi connectivity index (χ3v) is 2.83. The van der Waals surface area contributed by atoms with Gasteiger partial charge >= 0.3 is 0 Å². The molecular formula is C14H23NO. The van der Waals surface area contributed by atoms with Crippen LogP contribution in [0.25, 0.3) is 0 Å². The first-order valence-electron chi connectivity index (χ1n) is 6.18. The fraction of sp³-hybridized carbons (Fsp3) is 0.571. The second-order valence-electron chi connectivity index (χ2n) is 4.37. The second kappa shape index (κ2) is 7.42. The van der Waals surface area contributed by atoms with Gasteiger partial charge in [-0.2, -0.15) is 0 Å². The number of rotatable bonds is 7. The molecule has 1 rings (SSSR count). The zero-order chi connectivity index (χ0) is 11.8. The highest BCUT2D eigenvalue weighted by atomic mass is 16.3. The highest BCUT2D eigenvalue weighted by Gasteiger charge is 1.99. The van der Waals surface area contributed by atoms with Gasteiger partial charge < -0.3 is 10.4 Å². The molecule has 0 saturated carbocycles. The fourth-order valence-corrected chi connectivity index (χ4v) is 1.81. The fourth-order valence-electron chi connectivity index (χ4n) is 1.81. The van der Waals surface area contributed by atoms with Gasteiger partial charge in [-0.05, 0) is 37.4 Å². The Morgan fingerprint density at radius 3 is 2.38 bits per heavy atom. The molecule has 0 radical (unpaired) electrons. The molecule has 1 unspecified atom stereocenters. The normalized spacial score (nSPS) is 12.7. The van der Waals surface area contributed by atoms with Gasteiger partial charge in [0.05, 0.1) is 6.61 Å². The highest BCUT2D eigenvalue weighted by molar-refractivity contribution is 5.22. The first-order valence-corrected chi connectivity index (χ1v) is 6.18. The number of aliphatic hydroxyl groups excluding tert-OH is 1. The highest BCUT2D eigenvalue weighted by Crippen LogP contribution is 2.05. The Morgan fingerprint density at radius 1 is 1.19 bits per heavy atom. The van der Waals surface area contributed by atoms with Crippen LogP contribution in [0.4, 0.5) is 0 Å². The first kappa shape index (κ1) is 13.2. The summed E-state index contributed by atoms with van der Waals surface area (Å²) in [6.07, 6.45) is 3.53. The van der Waals surface area contributed by atoms with Gasteiger partial charge in [-0.1, -0.05) is 37.6 Å². The van der Waals surface area contributed by atoms with Crippen molar-refractivity contribution in [1.29, 1.82) is 0 Å². The van der Waals surface area contributed by atoms with Crippen molar-refractivity contribution in [1.82, 2.24) is 5.32 Å². The topological polar surface area (TPSA) is 32.3 Å². The third-order valence-electron chi connectivity index (χ3n) is 2.83. The van der Waals surface area contributed by atoms with E-state index in [2.05, 4.69) is 31.3 Å². The van der Waals surface area contributed by atoms with Gasteiger partial charge in [-0.3, -0.25) is 0 Å². The standard InChI is InChI=1S/C14H23NO/c1-3-4-12(2)15-10-9-13-5-7-14(11-16)8-6-13/h5-8,12,15-16H,3-4,9-11H2,1-2H3. The van der Waals surface area contributed by atoms with Gasteiger partial charge in [0.2, 0.25) is 0 Å². The van der Waals surface area contributed by atoms with Crippen molar-refractivity contribution in [2.45, 2.75) is 45.8 Å². The first-order chi connectivity index (χ1) is 7.76. The largest absolute Gasteiger partial charge is 0.392 e. The van der Waals surface area contributed by atoms with Gasteiger partial charge in [-0.25, -0.2) is 0 Å². The maximum Gasteiger partial charge on any atom is 0.0681 e. The van der Waals surface area contributed by atoms with E-state index in [-0.39, 0.29) is 6.61 Å². The van der Waals surface area contributed by atoms with Crippen LogP contribution in [-0.4, -0.2) is 17.7 Å². The Kier molecular flexibility index (Phi) is 6.12. The van der Waals surface area contributed by atoms with Gasteiger partial charge in [0, 0.05) is 6.04 Å². The Bertz CT molecular complexity index is 281. The smallest absolute Gasteiger partial charge is 0.0681 e. The Morgan fingerprint density at radius 2 is 1.81 bits per heavy atom. The molecule has 2 N–H and O–H groups in total. The van der Waals surface area contributed by atoms with Gasteiger partial charge in [0.1, 0.15) is 0 Å². The lowest BCUT2D eigenvalue weighted by atomic mass is 10.1. The van der Waals surface area contributed by atoms with Crippen molar-refractivity contribution in [3.05, 3.63) is 35.4 Å². The van der Waals surface area contributed by atoms with Gasteiger partial charge in [0.15, 0.2) is 0 Å². The molecule has 2 nitrogen and oxygen atoms in total. The average molecular weight is 221 g/mol. The molecular weight excluding hydrogens is 198 g/mol. The third kappa shape index (κ3) is 4.77. The van der Waals surface area contributed by atoms with Crippen LogP contribution in [0.15, 0.2) is 24.3 Å². The number of hydrogen-bond acceptors (Lipinski definition) is 2. The van der Waals surface area contributed by atoms with Crippen molar-refractivity contribution >= 4 is 0 Å². The molecule has 0 saturated heterocycles. The Hall–Kier alpha value is -0.860. The van der Waals surface area contributed by atoms with Crippen molar-refractivity contribution in [2.24, 2.45) is 0 Å². The SMILES string of the molecule is CCCC(C)NCCc1ccc(CO)cc1. The zero-order valence-corrected chi connectivity index (χ0v) is 10.4. The monoisotopic (exact) mass is 221 g/mol. The molecule has 0 aliphatic carbocycles. The summed E-state index contributed by atoms with van der Waals surface area (Å²) in [5, 5.41) is 12.4. The molecule has 2 heteroatoms. The van der Waals surface area contributed by atoms with Gasteiger partial charge in [-0.15, -0.1) is 0 Å². The quantitative estimate of drug-likeness (QED) is 0.741. The van der Waals surface area contributed by atoms with Crippen LogP contribution in [0.2, 0.25) is 0 Å². The summed E-state index contributed by atoms with van der Waals surface area (Å²) < 4.78 is 0. The van der Waals surface area contributed by atoms with Crippen molar-refractivity contribution in [2.75, 3.05) is 6.54 Å². The van der Waals surface area contributed by atoms with E-state index in [0.717, 1.165) is 18.5 Å². The summed E-state index contributed by atoms with van der Waals surface area (Å²) in [6.45, 7) is 5.61. The number of benzene rings is 1. The number of aliphatic hydroxyl groups is 1. The predicted octanol–water partition coefficient (Wildman–Crippen LogP) is 2.50.